The number of hydrogen-bond acceptors (Lipinski definition) is 3. The SMILES string of the molecule is COC(=O)C1CC1CCc1ccc(O)c(C)c1. The van der Waals surface area contributed by atoms with Crippen molar-refractivity contribution in [3.8, 4) is 5.75 Å². The number of rotatable bonds is 4. The molecule has 0 radical (unpaired) electrons. The molecule has 2 rings (SSSR count). The molecule has 1 aliphatic rings. The van der Waals surface area contributed by atoms with Crippen LogP contribution >= 0.6 is 0 Å². The molecular formula is C14H18O3. The monoisotopic (exact) mass is 234 g/mol. The molecule has 0 heterocycles. The number of aryl methyl sites for hydroxylation is 2. The average molecular weight is 234 g/mol. The maximum absolute atomic E-state index is 11.2. The van der Waals surface area contributed by atoms with Crippen LogP contribution in [-0.2, 0) is 16.0 Å². The van der Waals surface area contributed by atoms with Gasteiger partial charge in [0, 0.05) is 0 Å². The van der Waals surface area contributed by atoms with E-state index in [1.165, 1.54) is 12.7 Å². The molecule has 0 saturated heterocycles. The number of carbonyl (C=O) groups excluding carboxylic acids is 1. The first-order valence-electron chi connectivity index (χ1n) is 5.98. The lowest BCUT2D eigenvalue weighted by molar-refractivity contribution is -0.142. The number of hydrogen-bond donors (Lipinski definition) is 1. The summed E-state index contributed by atoms with van der Waals surface area (Å²) in [4.78, 5) is 11.2. The molecule has 0 spiro atoms. The Morgan fingerprint density at radius 2 is 2.29 bits per heavy atom. The molecule has 0 aliphatic heterocycles. The van der Waals surface area contributed by atoms with Crippen LogP contribution in [0.5, 0.6) is 5.75 Å². The Labute approximate surface area is 101 Å². The van der Waals surface area contributed by atoms with E-state index in [4.69, 9.17) is 4.74 Å². The molecule has 1 aliphatic carbocycles. The van der Waals surface area contributed by atoms with Gasteiger partial charge in [0.25, 0.3) is 0 Å². The zero-order chi connectivity index (χ0) is 12.4. The van der Waals surface area contributed by atoms with Gasteiger partial charge in [0.15, 0.2) is 0 Å². The lowest BCUT2D eigenvalue weighted by Gasteiger charge is -2.04. The van der Waals surface area contributed by atoms with Gasteiger partial charge in [0.2, 0.25) is 0 Å². The van der Waals surface area contributed by atoms with E-state index in [1.807, 2.05) is 19.1 Å². The number of carbonyl (C=O) groups is 1. The molecule has 1 aromatic rings. The molecular weight excluding hydrogens is 216 g/mol. The summed E-state index contributed by atoms with van der Waals surface area (Å²) >= 11 is 0. The highest BCUT2D eigenvalue weighted by molar-refractivity contribution is 5.75. The fourth-order valence-corrected chi connectivity index (χ4v) is 2.23. The van der Waals surface area contributed by atoms with Crippen molar-refractivity contribution in [2.45, 2.75) is 26.2 Å². The van der Waals surface area contributed by atoms with E-state index in [9.17, 15) is 9.90 Å². The summed E-state index contributed by atoms with van der Waals surface area (Å²) in [5.41, 5.74) is 2.12. The Morgan fingerprint density at radius 3 is 2.94 bits per heavy atom. The number of aromatic hydroxyl groups is 1. The van der Waals surface area contributed by atoms with E-state index >= 15 is 0 Å². The average Bonchev–Trinajstić information content (AvgIpc) is 3.09. The molecule has 1 aromatic carbocycles. The van der Waals surface area contributed by atoms with Gasteiger partial charge >= 0.3 is 5.97 Å². The van der Waals surface area contributed by atoms with Gasteiger partial charge in [-0.15, -0.1) is 0 Å². The number of benzene rings is 1. The Bertz CT molecular complexity index is 425. The zero-order valence-corrected chi connectivity index (χ0v) is 10.3. The second-order valence-electron chi connectivity index (χ2n) is 4.78. The number of phenols is 1. The van der Waals surface area contributed by atoms with Crippen molar-refractivity contribution < 1.29 is 14.6 Å². The van der Waals surface area contributed by atoms with Crippen LogP contribution in [0.15, 0.2) is 18.2 Å². The Morgan fingerprint density at radius 1 is 1.53 bits per heavy atom. The molecule has 0 aromatic heterocycles. The lowest BCUT2D eigenvalue weighted by atomic mass is 10.0. The van der Waals surface area contributed by atoms with E-state index in [0.717, 1.165) is 24.8 Å². The first-order valence-corrected chi connectivity index (χ1v) is 5.98. The predicted molar refractivity (Wildman–Crippen MR) is 64.8 cm³/mol. The van der Waals surface area contributed by atoms with E-state index in [-0.39, 0.29) is 11.9 Å². The van der Waals surface area contributed by atoms with Gasteiger partial charge in [-0.3, -0.25) is 4.79 Å². The third kappa shape index (κ3) is 2.78. The maximum Gasteiger partial charge on any atom is 0.308 e. The minimum atomic E-state index is -0.0723. The Hall–Kier alpha value is -1.51. The smallest absolute Gasteiger partial charge is 0.308 e. The van der Waals surface area contributed by atoms with Crippen molar-refractivity contribution in [3.05, 3.63) is 29.3 Å². The second-order valence-corrected chi connectivity index (χ2v) is 4.78. The van der Waals surface area contributed by atoms with Crippen molar-refractivity contribution in [2.75, 3.05) is 7.11 Å². The zero-order valence-electron chi connectivity index (χ0n) is 10.3. The van der Waals surface area contributed by atoms with Gasteiger partial charge in [-0.2, -0.15) is 0 Å². The molecule has 1 N–H and O–H groups in total. The van der Waals surface area contributed by atoms with Gasteiger partial charge < -0.3 is 9.84 Å². The number of esters is 1. The molecule has 1 fully saturated rings. The molecule has 17 heavy (non-hydrogen) atoms. The van der Waals surface area contributed by atoms with Crippen LogP contribution in [0.2, 0.25) is 0 Å². The van der Waals surface area contributed by atoms with Gasteiger partial charge in [-0.1, -0.05) is 12.1 Å². The number of methoxy groups -OCH3 is 1. The van der Waals surface area contributed by atoms with Gasteiger partial charge in [-0.25, -0.2) is 0 Å². The van der Waals surface area contributed by atoms with Crippen LogP contribution in [0.4, 0.5) is 0 Å². The minimum absolute atomic E-state index is 0.0723. The summed E-state index contributed by atoms with van der Waals surface area (Å²) in [6.45, 7) is 1.90. The quantitative estimate of drug-likeness (QED) is 0.814. The number of phenolic OH excluding ortho intramolecular Hbond substituents is 1. The summed E-state index contributed by atoms with van der Waals surface area (Å²) < 4.78 is 4.72. The van der Waals surface area contributed by atoms with Crippen LogP contribution in [0.25, 0.3) is 0 Å². The van der Waals surface area contributed by atoms with Crippen LogP contribution in [0.3, 0.4) is 0 Å². The summed E-state index contributed by atoms with van der Waals surface area (Å²) in [6.07, 6.45) is 2.94. The predicted octanol–water partition coefficient (Wildman–Crippen LogP) is 2.44. The largest absolute Gasteiger partial charge is 0.508 e. The molecule has 0 amide bonds. The molecule has 3 nitrogen and oxygen atoms in total. The molecule has 1 saturated carbocycles. The maximum atomic E-state index is 11.2. The van der Waals surface area contributed by atoms with Crippen LogP contribution in [0.1, 0.15) is 24.0 Å². The third-order valence-corrected chi connectivity index (χ3v) is 3.49. The van der Waals surface area contributed by atoms with Crippen LogP contribution < -0.4 is 0 Å². The highest BCUT2D eigenvalue weighted by Crippen LogP contribution is 2.42. The topological polar surface area (TPSA) is 46.5 Å². The van der Waals surface area contributed by atoms with Crippen molar-refractivity contribution >= 4 is 5.97 Å². The van der Waals surface area contributed by atoms with Gasteiger partial charge in [0.1, 0.15) is 5.75 Å². The van der Waals surface area contributed by atoms with E-state index in [2.05, 4.69) is 0 Å². The molecule has 92 valence electrons. The van der Waals surface area contributed by atoms with Gasteiger partial charge in [-0.05, 0) is 49.3 Å². The standard InChI is InChI=1S/C14H18O3/c1-9-7-10(4-6-13(9)15)3-5-11-8-12(11)14(16)17-2/h4,6-7,11-12,15H,3,5,8H2,1-2H3. The van der Waals surface area contributed by atoms with Crippen molar-refractivity contribution in [3.63, 3.8) is 0 Å². The van der Waals surface area contributed by atoms with E-state index in [1.54, 1.807) is 6.07 Å². The molecule has 0 bridgehead atoms. The lowest BCUT2D eigenvalue weighted by Crippen LogP contribution is -2.04. The first-order chi connectivity index (χ1) is 8.11. The molecule has 2 unspecified atom stereocenters. The highest BCUT2D eigenvalue weighted by atomic mass is 16.5. The highest BCUT2D eigenvalue weighted by Gasteiger charge is 2.43. The van der Waals surface area contributed by atoms with Gasteiger partial charge in [0.05, 0.1) is 13.0 Å². The molecule has 3 heteroatoms. The van der Waals surface area contributed by atoms with E-state index in [0.29, 0.717) is 11.7 Å². The molecule has 2 atom stereocenters. The van der Waals surface area contributed by atoms with Crippen molar-refractivity contribution in [2.24, 2.45) is 11.8 Å². The third-order valence-electron chi connectivity index (χ3n) is 3.49. The van der Waals surface area contributed by atoms with Crippen LogP contribution in [0, 0.1) is 18.8 Å². The minimum Gasteiger partial charge on any atom is -0.508 e. The van der Waals surface area contributed by atoms with Crippen molar-refractivity contribution in [1.82, 2.24) is 0 Å². The fourth-order valence-electron chi connectivity index (χ4n) is 2.23. The Kier molecular flexibility index (Phi) is 3.36. The summed E-state index contributed by atoms with van der Waals surface area (Å²) in [5.74, 6) is 0.874. The fraction of sp³-hybridized carbons (Fsp3) is 0.500. The number of ether oxygens (including phenoxy) is 1. The summed E-state index contributed by atoms with van der Waals surface area (Å²) in [5, 5.41) is 9.42. The summed E-state index contributed by atoms with van der Waals surface area (Å²) in [6, 6.07) is 5.68. The second kappa shape index (κ2) is 4.78. The normalized spacial score (nSPS) is 22.2. The first kappa shape index (κ1) is 12.0. The van der Waals surface area contributed by atoms with E-state index < -0.39 is 0 Å². The summed E-state index contributed by atoms with van der Waals surface area (Å²) in [7, 11) is 1.45. The van der Waals surface area contributed by atoms with Crippen LogP contribution in [-0.4, -0.2) is 18.2 Å². The van der Waals surface area contributed by atoms with Crippen molar-refractivity contribution in [1.29, 1.82) is 0 Å². The Balaban J connectivity index is 1.83.